The average molecular weight is 315 g/mol. The van der Waals surface area contributed by atoms with Crippen molar-refractivity contribution < 1.29 is 9.53 Å². The van der Waals surface area contributed by atoms with Crippen LogP contribution in [-0.2, 0) is 4.74 Å². The SMILES string of the molecule is COCCC1(CNC(=O)Nc2ccc(-n3ccnn3)cc2)CC1. The summed E-state index contributed by atoms with van der Waals surface area (Å²) in [6, 6.07) is 7.27. The van der Waals surface area contributed by atoms with Gasteiger partial charge in [-0.15, -0.1) is 5.10 Å². The summed E-state index contributed by atoms with van der Waals surface area (Å²) in [7, 11) is 1.71. The number of anilines is 1. The summed E-state index contributed by atoms with van der Waals surface area (Å²) in [6.45, 7) is 1.44. The second-order valence-electron chi connectivity index (χ2n) is 5.94. The summed E-state index contributed by atoms with van der Waals surface area (Å²) < 4.78 is 6.79. The van der Waals surface area contributed by atoms with E-state index in [2.05, 4.69) is 20.9 Å². The molecule has 0 atom stereocenters. The zero-order chi connectivity index (χ0) is 16.1. The number of carbonyl (C=O) groups excluding carboxylic acids is 1. The maximum Gasteiger partial charge on any atom is 0.319 e. The molecule has 1 aliphatic carbocycles. The Hall–Kier alpha value is -2.41. The molecule has 0 aliphatic heterocycles. The molecule has 2 N–H and O–H groups in total. The van der Waals surface area contributed by atoms with Crippen LogP contribution in [0.5, 0.6) is 0 Å². The Morgan fingerprint density at radius 3 is 2.74 bits per heavy atom. The molecule has 1 heterocycles. The second-order valence-corrected chi connectivity index (χ2v) is 5.94. The number of benzene rings is 1. The first-order valence-corrected chi connectivity index (χ1v) is 7.71. The van der Waals surface area contributed by atoms with E-state index in [-0.39, 0.29) is 11.4 Å². The van der Waals surface area contributed by atoms with E-state index in [4.69, 9.17) is 4.74 Å². The van der Waals surface area contributed by atoms with Gasteiger partial charge in [0, 0.05) is 25.9 Å². The zero-order valence-corrected chi connectivity index (χ0v) is 13.2. The molecule has 1 aliphatic rings. The normalized spacial score (nSPS) is 15.2. The van der Waals surface area contributed by atoms with Gasteiger partial charge >= 0.3 is 6.03 Å². The third kappa shape index (κ3) is 4.07. The highest BCUT2D eigenvalue weighted by Crippen LogP contribution is 2.48. The number of aromatic nitrogens is 3. The molecule has 0 spiro atoms. The maximum atomic E-state index is 12.0. The number of amides is 2. The first-order chi connectivity index (χ1) is 11.2. The van der Waals surface area contributed by atoms with Crippen LogP contribution in [0.3, 0.4) is 0 Å². The van der Waals surface area contributed by atoms with Crippen molar-refractivity contribution in [3.05, 3.63) is 36.7 Å². The Kier molecular flexibility index (Phi) is 4.57. The van der Waals surface area contributed by atoms with E-state index in [1.54, 1.807) is 24.2 Å². The number of hydrogen-bond acceptors (Lipinski definition) is 4. The van der Waals surface area contributed by atoms with Crippen molar-refractivity contribution in [2.24, 2.45) is 5.41 Å². The van der Waals surface area contributed by atoms with Crippen molar-refractivity contribution >= 4 is 11.7 Å². The fraction of sp³-hybridized carbons (Fsp3) is 0.438. The van der Waals surface area contributed by atoms with Crippen molar-refractivity contribution in [1.29, 1.82) is 0 Å². The molecule has 23 heavy (non-hydrogen) atoms. The van der Waals surface area contributed by atoms with E-state index < -0.39 is 0 Å². The van der Waals surface area contributed by atoms with Gasteiger partial charge in [0.05, 0.1) is 18.1 Å². The van der Waals surface area contributed by atoms with Crippen LogP contribution in [0.2, 0.25) is 0 Å². The number of nitrogens with zero attached hydrogens (tertiary/aromatic N) is 3. The predicted molar refractivity (Wildman–Crippen MR) is 86.5 cm³/mol. The van der Waals surface area contributed by atoms with Crippen molar-refractivity contribution in [3.63, 3.8) is 0 Å². The minimum atomic E-state index is -0.179. The lowest BCUT2D eigenvalue weighted by Crippen LogP contribution is -2.34. The van der Waals surface area contributed by atoms with E-state index in [0.29, 0.717) is 6.54 Å². The molecule has 0 saturated heterocycles. The number of hydrogen-bond donors (Lipinski definition) is 2. The standard InChI is InChI=1S/C16H21N5O2/c1-23-11-8-16(6-7-16)12-17-15(22)19-13-2-4-14(5-3-13)21-10-9-18-20-21/h2-5,9-10H,6-8,11-12H2,1H3,(H2,17,19,22). The van der Waals surface area contributed by atoms with Gasteiger partial charge < -0.3 is 15.4 Å². The number of rotatable bonds is 7. The molecular formula is C16H21N5O2. The van der Waals surface area contributed by atoms with Crippen molar-refractivity contribution in [1.82, 2.24) is 20.3 Å². The van der Waals surface area contributed by atoms with E-state index in [1.165, 1.54) is 0 Å². The highest BCUT2D eigenvalue weighted by Gasteiger charge is 2.42. The van der Waals surface area contributed by atoms with Gasteiger partial charge in [-0.25, -0.2) is 9.48 Å². The van der Waals surface area contributed by atoms with Crippen LogP contribution in [-0.4, -0.2) is 41.3 Å². The first kappa shape index (κ1) is 15.5. The minimum absolute atomic E-state index is 0.179. The van der Waals surface area contributed by atoms with Crippen LogP contribution in [0, 0.1) is 5.41 Å². The lowest BCUT2D eigenvalue weighted by Gasteiger charge is -2.16. The Balaban J connectivity index is 1.48. The summed E-state index contributed by atoms with van der Waals surface area (Å²) in [5.41, 5.74) is 1.88. The topological polar surface area (TPSA) is 81.1 Å². The van der Waals surface area contributed by atoms with E-state index >= 15 is 0 Å². The summed E-state index contributed by atoms with van der Waals surface area (Å²) in [5.74, 6) is 0. The quantitative estimate of drug-likeness (QED) is 0.821. The number of ether oxygens (including phenoxy) is 1. The van der Waals surface area contributed by atoms with E-state index in [1.807, 2.05) is 24.3 Å². The van der Waals surface area contributed by atoms with Gasteiger partial charge in [-0.1, -0.05) is 5.21 Å². The number of methoxy groups -OCH3 is 1. The smallest absolute Gasteiger partial charge is 0.319 e. The number of nitrogens with one attached hydrogen (secondary N) is 2. The Morgan fingerprint density at radius 2 is 2.13 bits per heavy atom. The predicted octanol–water partition coefficient (Wildman–Crippen LogP) is 2.21. The molecule has 0 bridgehead atoms. The van der Waals surface area contributed by atoms with Gasteiger partial charge in [0.25, 0.3) is 0 Å². The molecule has 1 fully saturated rings. The van der Waals surface area contributed by atoms with Crippen LogP contribution >= 0.6 is 0 Å². The maximum absolute atomic E-state index is 12.0. The molecule has 0 radical (unpaired) electrons. The molecule has 1 saturated carbocycles. The molecule has 1 aromatic carbocycles. The molecular weight excluding hydrogens is 294 g/mol. The zero-order valence-electron chi connectivity index (χ0n) is 13.2. The Bertz CT molecular complexity index is 635. The van der Waals surface area contributed by atoms with Gasteiger partial charge in [-0.2, -0.15) is 0 Å². The molecule has 7 nitrogen and oxygen atoms in total. The Labute approximate surface area is 135 Å². The van der Waals surface area contributed by atoms with Crippen molar-refractivity contribution in [2.75, 3.05) is 25.6 Å². The largest absolute Gasteiger partial charge is 0.385 e. The summed E-state index contributed by atoms with van der Waals surface area (Å²) in [4.78, 5) is 12.0. The lowest BCUT2D eigenvalue weighted by molar-refractivity contribution is 0.171. The molecule has 3 rings (SSSR count). The van der Waals surface area contributed by atoms with Crippen LogP contribution in [0.4, 0.5) is 10.5 Å². The van der Waals surface area contributed by atoms with Crippen molar-refractivity contribution in [3.8, 4) is 5.69 Å². The van der Waals surface area contributed by atoms with E-state index in [0.717, 1.165) is 37.2 Å². The summed E-state index contributed by atoms with van der Waals surface area (Å²) in [5, 5.41) is 13.5. The lowest BCUT2D eigenvalue weighted by atomic mass is 10.0. The van der Waals surface area contributed by atoms with Crippen molar-refractivity contribution in [2.45, 2.75) is 19.3 Å². The highest BCUT2D eigenvalue weighted by atomic mass is 16.5. The fourth-order valence-corrected chi connectivity index (χ4v) is 2.50. The summed E-state index contributed by atoms with van der Waals surface area (Å²) >= 11 is 0. The third-order valence-electron chi connectivity index (χ3n) is 4.23. The highest BCUT2D eigenvalue weighted by molar-refractivity contribution is 5.89. The van der Waals surface area contributed by atoms with Crippen LogP contribution in [0.25, 0.3) is 5.69 Å². The molecule has 2 aromatic rings. The Morgan fingerprint density at radius 1 is 1.35 bits per heavy atom. The molecule has 1 aromatic heterocycles. The average Bonchev–Trinajstić information content (AvgIpc) is 3.12. The van der Waals surface area contributed by atoms with Gasteiger partial charge in [0.2, 0.25) is 0 Å². The molecule has 122 valence electrons. The third-order valence-corrected chi connectivity index (χ3v) is 4.23. The molecule has 2 amide bonds. The molecule has 0 unspecified atom stereocenters. The molecule has 7 heteroatoms. The van der Waals surface area contributed by atoms with Gasteiger partial charge in [-0.05, 0) is 48.9 Å². The first-order valence-electron chi connectivity index (χ1n) is 7.71. The van der Waals surface area contributed by atoms with E-state index in [9.17, 15) is 4.79 Å². The summed E-state index contributed by atoms with van der Waals surface area (Å²) in [6.07, 6.45) is 6.70. The van der Waals surface area contributed by atoms with Crippen LogP contribution in [0.1, 0.15) is 19.3 Å². The van der Waals surface area contributed by atoms with Gasteiger partial charge in [0.15, 0.2) is 0 Å². The second kappa shape index (κ2) is 6.78. The minimum Gasteiger partial charge on any atom is -0.385 e. The van der Waals surface area contributed by atoms with Gasteiger partial charge in [0.1, 0.15) is 0 Å². The van der Waals surface area contributed by atoms with Crippen LogP contribution < -0.4 is 10.6 Å². The van der Waals surface area contributed by atoms with Crippen LogP contribution in [0.15, 0.2) is 36.7 Å². The monoisotopic (exact) mass is 315 g/mol. The fourth-order valence-electron chi connectivity index (χ4n) is 2.50. The van der Waals surface area contributed by atoms with Gasteiger partial charge in [-0.3, -0.25) is 0 Å². The number of carbonyl (C=O) groups is 1. The number of urea groups is 1.